The number of hydrogen-bond acceptors (Lipinski definition) is 4. The van der Waals surface area contributed by atoms with Crippen molar-refractivity contribution in [1.29, 1.82) is 0 Å². The van der Waals surface area contributed by atoms with E-state index in [1.165, 1.54) is 7.11 Å². The van der Waals surface area contributed by atoms with E-state index in [0.717, 1.165) is 0 Å². The van der Waals surface area contributed by atoms with Gasteiger partial charge in [0.25, 0.3) is 5.91 Å². The molecule has 0 aliphatic rings. The van der Waals surface area contributed by atoms with Crippen LogP contribution in [-0.4, -0.2) is 25.0 Å². The van der Waals surface area contributed by atoms with Crippen LogP contribution < -0.4 is 11.1 Å². The molecule has 3 N–H and O–H groups in total. The van der Waals surface area contributed by atoms with E-state index in [4.69, 9.17) is 22.1 Å². The van der Waals surface area contributed by atoms with E-state index in [2.05, 4.69) is 5.32 Å². The first-order valence-corrected chi connectivity index (χ1v) is 6.67. The van der Waals surface area contributed by atoms with Gasteiger partial charge in [-0.3, -0.25) is 4.79 Å². The van der Waals surface area contributed by atoms with Crippen LogP contribution in [-0.2, 0) is 9.53 Å². The van der Waals surface area contributed by atoms with E-state index in [-0.39, 0.29) is 16.5 Å². The van der Waals surface area contributed by atoms with Crippen LogP contribution in [0.1, 0.15) is 30.6 Å². The lowest BCUT2D eigenvalue weighted by Crippen LogP contribution is -2.33. The molecule has 1 aromatic carbocycles. The second kappa shape index (κ2) is 7.14. The number of hydrogen-bond donors (Lipinski definition) is 2. The van der Waals surface area contributed by atoms with Crippen LogP contribution in [0.4, 0.5) is 5.69 Å². The van der Waals surface area contributed by atoms with Crippen molar-refractivity contribution < 1.29 is 14.3 Å². The third-order valence-electron chi connectivity index (χ3n) is 2.78. The lowest BCUT2D eigenvalue weighted by molar-refractivity contribution is -0.141. The molecule has 110 valence electrons. The van der Waals surface area contributed by atoms with Gasteiger partial charge in [-0.1, -0.05) is 31.5 Å². The average molecular weight is 299 g/mol. The second-order valence-corrected chi connectivity index (χ2v) is 5.28. The summed E-state index contributed by atoms with van der Waals surface area (Å²) in [7, 11) is 1.32. The molecule has 0 aromatic heterocycles. The molecule has 20 heavy (non-hydrogen) atoms. The molecule has 1 aromatic rings. The maximum absolute atomic E-state index is 11.8. The molecule has 0 radical (unpaired) electrons. The van der Waals surface area contributed by atoms with Crippen LogP contribution >= 0.6 is 11.6 Å². The molecule has 1 atom stereocenters. The molecule has 1 amide bonds. The Bertz CT molecular complexity index is 503. The lowest BCUT2D eigenvalue weighted by atomic mass is 10.0. The van der Waals surface area contributed by atoms with Gasteiger partial charge in [0.2, 0.25) is 0 Å². The van der Waals surface area contributed by atoms with E-state index in [1.54, 1.807) is 18.2 Å². The normalized spacial score (nSPS) is 12.1. The third kappa shape index (κ3) is 4.13. The molecule has 0 aliphatic carbocycles. The Morgan fingerprint density at radius 1 is 1.40 bits per heavy atom. The predicted molar refractivity (Wildman–Crippen MR) is 78.9 cm³/mol. The highest BCUT2D eigenvalue weighted by Crippen LogP contribution is 2.25. The van der Waals surface area contributed by atoms with Gasteiger partial charge in [0.05, 0.1) is 17.7 Å². The van der Waals surface area contributed by atoms with E-state index in [9.17, 15) is 9.59 Å². The minimum atomic E-state index is -0.647. The topological polar surface area (TPSA) is 81.4 Å². The molecule has 0 saturated heterocycles. The number of anilines is 1. The van der Waals surface area contributed by atoms with Gasteiger partial charge in [0, 0.05) is 5.69 Å². The molecule has 0 fully saturated rings. The van der Waals surface area contributed by atoms with Crippen LogP contribution in [0.5, 0.6) is 0 Å². The maximum atomic E-state index is 11.8. The molecule has 0 spiro atoms. The standard InChI is InChI=1S/C14H19ClN2O3/c1-8(2)7-11(14(19)20-3)17-10-6-4-5-9(15)12(10)13(16)18/h4-6,8,11,17H,7H2,1-3H3,(H2,16,18). The minimum absolute atomic E-state index is 0.173. The summed E-state index contributed by atoms with van der Waals surface area (Å²) in [6.07, 6.45) is 0.567. The summed E-state index contributed by atoms with van der Waals surface area (Å²) in [5.74, 6) is -0.761. The van der Waals surface area contributed by atoms with Gasteiger partial charge in [0.15, 0.2) is 0 Å². The number of nitrogens with one attached hydrogen (secondary N) is 1. The van der Waals surface area contributed by atoms with Crippen LogP contribution in [0.2, 0.25) is 5.02 Å². The Hall–Kier alpha value is -1.75. The van der Waals surface area contributed by atoms with Gasteiger partial charge in [-0.2, -0.15) is 0 Å². The number of methoxy groups -OCH3 is 1. The Morgan fingerprint density at radius 3 is 2.55 bits per heavy atom. The highest BCUT2D eigenvalue weighted by atomic mass is 35.5. The number of carbonyl (C=O) groups is 2. The number of primary amides is 1. The fourth-order valence-corrected chi connectivity index (χ4v) is 2.18. The van der Waals surface area contributed by atoms with Gasteiger partial charge in [-0.05, 0) is 24.5 Å². The Kier molecular flexibility index (Phi) is 5.82. The second-order valence-electron chi connectivity index (χ2n) is 4.88. The Balaban J connectivity index is 3.08. The molecule has 0 aliphatic heterocycles. The van der Waals surface area contributed by atoms with Gasteiger partial charge in [0.1, 0.15) is 6.04 Å². The third-order valence-corrected chi connectivity index (χ3v) is 3.10. The molecule has 5 nitrogen and oxygen atoms in total. The van der Waals surface area contributed by atoms with Crippen molar-refractivity contribution in [1.82, 2.24) is 0 Å². The highest BCUT2D eigenvalue weighted by Gasteiger charge is 2.23. The summed E-state index contributed by atoms with van der Waals surface area (Å²) in [6, 6.07) is 4.35. The summed E-state index contributed by atoms with van der Waals surface area (Å²) in [4.78, 5) is 23.3. The number of nitrogens with two attached hydrogens (primary N) is 1. The van der Waals surface area contributed by atoms with E-state index < -0.39 is 17.9 Å². The van der Waals surface area contributed by atoms with Crippen molar-refractivity contribution in [2.75, 3.05) is 12.4 Å². The zero-order valence-electron chi connectivity index (χ0n) is 11.8. The smallest absolute Gasteiger partial charge is 0.328 e. The molecule has 1 rings (SSSR count). The number of esters is 1. The molecule has 0 heterocycles. The first kappa shape index (κ1) is 16.3. The van der Waals surface area contributed by atoms with Gasteiger partial charge in [-0.15, -0.1) is 0 Å². The first-order chi connectivity index (χ1) is 9.36. The number of halogens is 1. The van der Waals surface area contributed by atoms with Crippen LogP contribution in [0, 0.1) is 5.92 Å². The summed E-state index contributed by atoms with van der Waals surface area (Å²) in [5, 5.41) is 3.24. The van der Waals surface area contributed by atoms with Crippen molar-refractivity contribution in [2.45, 2.75) is 26.3 Å². The monoisotopic (exact) mass is 298 g/mol. The summed E-state index contributed by atoms with van der Waals surface area (Å²) >= 11 is 5.97. The van der Waals surface area contributed by atoms with E-state index in [0.29, 0.717) is 12.1 Å². The number of amides is 1. The van der Waals surface area contributed by atoms with Crippen LogP contribution in [0.3, 0.4) is 0 Å². The van der Waals surface area contributed by atoms with Crippen molar-refractivity contribution >= 4 is 29.2 Å². The summed E-state index contributed by atoms with van der Waals surface area (Å²) in [5.41, 5.74) is 5.93. The number of carbonyl (C=O) groups excluding carboxylic acids is 2. The van der Waals surface area contributed by atoms with Crippen molar-refractivity contribution in [2.24, 2.45) is 11.7 Å². The van der Waals surface area contributed by atoms with Gasteiger partial charge in [-0.25, -0.2) is 4.79 Å². The average Bonchev–Trinajstić information content (AvgIpc) is 2.36. The maximum Gasteiger partial charge on any atom is 0.328 e. The quantitative estimate of drug-likeness (QED) is 0.790. The van der Waals surface area contributed by atoms with Crippen LogP contribution in [0.15, 0.2) is 18.2 Å². The van der Waals surface area contributed by atoms with E-state index in [1.807, 2.05) is 13.8 Å². The van der Waals surface area contributed by atoms with Crippen molar-refractivity contribution in [3.8, 4) is 0 Å². The molecular formula is C14H19ClN2O3. The molecule has 0 bridgehead atoms. The zero-order chi connectivity index (χ0) is 15.3. The van der Waals surface area contributed by atoms with Gasteiger partial charge < -0.3 is 15.8 Å². The Morgan fingerprint density at radius 2 is 2.05 bits per heavy atom. The zero-order valence-corrected chi connectivity index (χ0v) is 12.5. The lowest BCUT2D eigenvalue weighted by Gasteiger charge is -2.21. The summed E-state index contributed by atoms with van der Waals surface area (Å²) < 4.78 is 4.77. The first-order valence-electron chi connectivity index (χ1n) is 6.29. The van der Waals surface area contributed by atoms with Crippen molar-refractivity contribution in [3.05, 3.63) is 28.8 Å². The van der Waals surface area contributed by atoms with E-state index >= 15 is 0 Å². The fourth-order valence-electron chi connectivity index (χ4n) is 1.91. The highest BCUT2D eigenvalue weighted by molar-refractivity contribution is 6.34. The summed E-state index contributed by atoms with van der Waals surface area (Å²) in [6.45, 7) is 3.98. The molecule has 6 heteroatoms. The fraction of sp³-hybridized carbons (Fsp3) is 0.429. The predicted octanol–water partition coefficient (Wildman–Crippen LogP) is 2.44. The Labute approximate surface area is 123 Å². The number of ether oxygens (including phenoxy) is 1. The molecular weight excluding hydrogens is 280 g/mol. The molecule has 1 unspecified atom stereocenters. The minimum Gasteiger partial charge on any atom is -0.467 e. The number of rotatable bonds is 6. The van der Waals surface area contributed by atoms with Gasteiger partial charge >= 0.3 is 5.97 Å². The van der Waals surface area contributed by atoms with Crippen LogP contribution in [0.25, 0.3) is 0 Å². The SMILES string of the molecule is COC(=O)C(CC(C)C)Nc1cccc(Cl)c1C(N)=O. The number of benzene rings is 1. The molecule has 0 saturated carbocycles. The van der Waals surface area contributed by atoms with Crippen molar-refractivity contribution in [3.63, 3.8) is 0 Å². The largest absolute Gasteiger partial charge is 0.467 e.